The van der Waals surface area contributed by atoms with Crippen LogP contribution in [0.1, 0.15) is 12.8 Å². The molecule has 108 valence electrons. The zero-order chi connectivity index (χ0) is 14.3. The molecule has 5 nitrogen and oxygen atoms in total. The Balaban J connectivity index is 2.19. The van der Waals surface area contributed by atoms with E-state index in [1.54, 1.807) is 5.32 Å². The van der Waals surface area contributed by atoms with Gasteiger partial charge in [-0.2, -0.15) is 13.2 Å². The van der Waals surface area contributed by atoms with Gasteiger partial charge in [0, 0.05) is 19.2 Å². The summed E-state index contributed by atoms with van der Waals surface area (Å²) in [5.74, 6) is -2.39. The molecule has 1 saturated heterocycles. The third kappa shape index (κ3) is 6.23. The van der Waals surface area contributed by atoms with Crippen molar-refractivity contribution in [2.24, 2.45) is 0 Å². The molecule has 1 aliphatic rings. The number of hydrogen-bond donors (Lipinski definition) is 2. The third-order valence-electron chi connectivity index (χ3n) is 2.44. The van der Waals surface area contributed by atoms with Gasteiger partial charge in [-0.05, 0) is 12.8 Å². The number of carbonyl (C=O) groups excluding carboxylic acids is 2. The van der Waals surface area contributed by atoms with Crippen molar-refractivity contribution in [2.75, 3.05) is 26.3 Å². The smallest absolute Gasteiger partial charge is 0.381 e. The minimum atomic E-state index is -4.89. The maximum absolute atomic E-state index is 11.8. The van der Waals surface area contributed by atoms with Crippen molar-refractivity contribution in [3.8, 4) is 0 Å². The lowest BCUT2D eigenvalue weighted by atomic mass is 10.1. The summed E-state index contributed by atoms with van der Waals surface area (Å²) in [6.45, 7) is 0.818. The van der Waals surface area contributed by atoms with Crippen molar-refractivity contribution in [3.63, 3.8) is 0 Å². The molecule has 1 aliphatic heterocycles. The Hall–Kier alpha value is -1.57. The number of nitrogens with one attached hydrogen (secondary N) is 2. The van der Waals surface area contributed by atoms with Gasteiger partial charge in [0.25, 0.3) is 0 Å². The molecule has 0 aromatic rings. The van der Waals surface area contributed by atoms with E-state index in [4.69, 9.17) is 4.74 Å². The van der Waals surface area contributed by atoms with Crippen molar-refractivity contribution >= 4 is 11.8 Å². The Morgan fingerprint density at radius 3 is 2.32 bits per heavy atom. The lowest BCUT2D eigenvalue weighted by Gasteiger charge is -2.14. The van der Waals surface area contributed by atoms with Crippen LogP contribution in [0.25, 0.3) is 0 Å². The summed E-state index contributed by atoms with van der Waals surface area (Å²) >= 11 is 0. The van der Waals surface area contributed by atoms with E-state index in [0.717, 1.165) is 5.57 Å². The summed E-state index contributed by atoms with van der Waals surface area (Å²) in [4.78, 5) is 21.8. The second-order valence-corrected chi connectivity index (χ2v) is 3.96. The van der Waals surface area contributed by atoms with E-state index < -0.39 is 12.1 Å². The van der Waals surface area contributed by atoms with Crippen molar-refractivity contribution < 1.29 is 27.5 Å². The van der Waals surface area contributed by atoms with E-state index in [1.807, 2.05) is 0 Å². The summed E-state index contributed by atoms with van der Waals surface area (Å²) in [7, 11) is 0. The van der Waals surface area contributed by atoms with Gasteiger partial charge in [-0.3, -0.25) is 9.59 Å². The average Bonchev–Trinajstić information content (AvgIpc) is 2.34. The highest BCUT2D eigenvalue weighted by molar-refractivity contribution is 5.88. The van der Waals surface area contributed by atoms with Gasteiger partial charge < -0.3 is 15.4 Å². The van der Waals surface area contributed by atoms with Crippen LogP contribution >= 0.6 is 0 Å². The van der Waals surface area contributed by atoms with Crippen LogP contribution in [0.4, 0.5) is 13.2 Å². The molecule has 0 aliphatic carbocycles. The second kappa shape index (κ2) is 7.13. The molecular formula is C11H15F3N2O3. The normalized spacial score (nSPS) is 15.8. The van der Waals surface area contributed by atoms with Crippen LogP contribution in [0.15, 0.2) is 11.6 Å². The van der Waals surface area contributed by atoms with Gasteiger partial charge in [0.15, 0.2) is 0 Å². The SMILES string of the molecule is O=C(C=C1CCOCC1)NCCNC(=O)C(F)(F)F. The van der Waals surface area contributed by atoms with Crippen LogP contribution in [-0.4, -0.2) is 44.3 Å². The molecule has 0 spiro atoms. The molecule has 0 aromatic carbocycles. The quantitative estimate of drug-likeness (QED) is 0.582. The molecule has 0 unspecified atom stereocenters. The molecule has 19 heavy (non-hydrogen) atoms. The Morgan fingerprint density at radius 2 is 1.74 bits per heavy atom. The van der Waals surface area contributed by atoms with E-state index in [0.29, 0.717) is 26.1 Å². The van der Waals surface area contributed by atoms with Gasteiger partial charge in [0.2, 0.25) is 5.91 Å². The standard InChI is InChI=1S/C11H15F3N2O3/c12-11(13,14)10(18)16-4-3-15-9(17)7-8-1-5-19-6-2-8/h7H,1-6H2,(H,15,17)(H,16,18). The van der Waals surface area contributed by atoms with Crippen LogP contribution in [0.3, 0.4) is 0 Å². The van der Waals surface area contributed by atoms with Crippen LogP contribution in [0.5, 0.6) is 0 Å². The lowest BCUT2D eigenvalue weighted by Crippen LogP contribution is -2.41. The van der Waals surface area contributed by atoms with Crippen molar-refractivity contribution in [1.82, 2.24) is 10.6 Å². The Morgan fingerprint density at radius 1 is 1.16 bits per heavy atom. The number of carbonyl (C=O) groups is 2. The van der Waals surface area contributed by atoms with E-state index in [9.17, 15) is 22.8 Å². The highest BCUT2D eigenvalue weighted by atomic mass is 19.4. The fraction of sp³-hybridized carbons (Fsp3) is 0.636. The van der Waals surface area contributed by atoms with Crippen molar-refractivity contribution in [2.45, 2.75) is 19.0 Å². The molecule has 8 heteroatoms. The topological polar surface area (TPSA) is 67.4 Å². The average molecular weight is 280 g/mol. The molecule has 0 aromatic heterocycles. The number of halogens is 3. The van der Waals surface area contributed by atoms with Gasteiger partial charge in [0.1, 0.15) is 0 Å². The van der Waals surface area contributed by atoms with E-state index in [-0.39, 0.29) is 19.0 Å². The van der Waals surface area contributed by atoms with E-state index in [1.165, 1.54) is 6.08 Å². The minimum absolute atomic E-state index is 0.0546. The molecular weight excluding hydrogens is 265 g/mol. The molecule has 2 amide bonds. The van der Waals surface area contributed by atoms with Crippen LogP contribution in [0, 0.1) is 0 Å². The Bertz CT molecular complexity index is 359. The summed E-state index contributed by atoms with van der Waals surface area (Å²) in [6, 6.07) is 0. The first-order chi connectivity index (χ1) is 8.89. The number of rotatable bonds is 4. The Kier molecular flexibility index (Phi) is 5.81. The summed E-state index contributed by atoms with van der Waals surface area (Å²) in [6.07, 6.45) is -2.11. The molecule has 1 heterocycles. The summed E-state index contributed by atoms with van der Waals surface area (Å²) in [5.41, 5.74) is 0.947. The molecule has 0 bridgehead atoms. The number of alkyl halides is 3. The van der Waals surface area contributed by atoms with Crippen LogP contribution in [-0.2, 0) is 14.3 Å². The molecule has 2 N–H and O–H groups in total. The van der Waals surface area contributed by atoms with E-state index in [2.05, 4.69) is 5.32 Å². The minimum Gasteiger partial charge on any atom is -0.381 e. The number of ether oxygens (including phenoxy) is 1. The molecule has 1 rings (SSSR count). The second-order valence-electron chi connectivity index (χ2n) is 3.96. The highest BCUT2D eigenvalue weighted by Gasteiger charge is 2.38. The molecule has 0 atom stereocenters. The van der Waals surface area contributed by atoms with Gasteiger partial charge in [-0.15, -0.1) is 0 Å². The van der Waals surface area contributed by atoms with Crippen molar-refractivity contribution in [1.29, 1.82) is 0 Å². The van der Waals surface area contributed by atoms with Gasteiger partial charge in [0.05, 0.1) is 13.2 Å². The first-order valence-corrected chi connectivity index (χ1v) is 5.79. The number of amides is 2. The van der Waals surface area contributed by atoms with E-state index >= 15 is 0 Å². The summed E-state index contributed by atoms with van der Waals surface area (Å²) < 4.78 is 40.6. The molecule has 0 radical (unpaired) electrons. The zero-order valence-corrected chi connectivity index (χ0v) is 10.2. The molecule has 1 fully saturated rings. The summed E-state index contributed by atoms with van der Waals surface area (Å²) in [5, 5.41) is 4.06. The first-order valence-electron chi connectivity index (χ1n) is 5.79. The predicted octanol–water partition coefficient (Wildman–Crippen LogP) is 0.518. The predicted molar refractivity (Wildman–Crippen MR) is 60.2 cm³/mol. The highest BCUT2D eigenvalue weighted by Crippen LogP contribution is 2.14. The van der Waals surface area contributed by atoms with Gasteiger partial charge in [-0.1, -0.05) is 5.57 Å². The van der Waals surface area contributed by atoms with Crippen molar-refractivity contribution in [3.05, 3.63) is 11.6 Å². The van der Waals surface area contributed by atoms with Gasteiger partial charge in [-0.25, -0.2) is 0 Å². The largest absolute Gasteiger partial charge is 0.471 e. The lowest BCUT2D eigenvalue weighted by molar-refractivity contribution is -0.173. The fourth-order valence-corrected chi connectivity index (χ4v) is 1.48. The van der Waals surface area contributed by atoms with Gasteiger partial charge >= 0.3 is 12.1 Å². The first kappa shape index (κ1) is 15.5. The van der Waals surface area contributed by atoms with Crippen LogP contribution in [0.2, 0.25) is 0 Å². The monoisotopic (exact) mass is 280 g/mol. The van der Waals surface area contributed by atoms with Crippen LogP contribution < -0.4 is 10.6 Å². The number of hydrogen-bond acceptors (Lipinski definition) is 3. The maximum atomic E-state index is 11.8. The fourth-order valence-electron chi connectivity index (χ4n) is 1.48. The maximum Gasteiger partial charge on any atom is 0.471 e. The molecule has 0 saturated carbocycles. The Labute approximate surface area is 108 Å². The third-order valence-corrected chi connectivity index (χ3v) is 2.44. The zero-order valence-electron chi connectivity index (χ0n) is 10.2.